The van der Waals surface area contributed by atoms with Crippen LogP contribution in [0.1, 0.15) is 6.92 Å². The average molecular weight is 206 g/mol. The molecule has 76 valence electrons. The maximum absolute atomic E-state index is 11.2. The molecule has 1 rings (SSSR count). The fourth-order valence-corrected chi connectivity index (χ4v) is 1.21. The molecule has 1 amide bonds. The maximum atomic E-state index is 11.2. The Bertz CT molecular complexity index is 178. The smallest absolute Gasteiger partial charge is 0.252 e. The Balaban J connectivity index is 2.26. The summed E-state index contributed by atoms with van der Waals surface area (Å²) in [5.74, 6) is -0.119. The first-order chi connectivity index (χ1) is 6.09. The van der Waals surface area contributed by atoms with Crippen LogP contribution in [0.2, 0.25) is 0 Å². The molecule has 13 heavy (non-hydrogen) atoms. The molecule has 5 heteroatoms. The van der Waals surface area contributed by atoms with Crippen molar-refractivity contribution in [2.45, 2.75) is 12.3 Å². The lowest BCUT2D eigenvalue weighted by molar-refractivity contribution is -0.126. The standard InChI is InChI=1S/C8H16ClN3O/c1-7(9)8(13)10-12-5-3-11(2)4-6-12/h7H,3-6H2,1-2H3,(H,10,13). The van der Waals surface area contributed by atoms with Gasteiger partial charge in [0.25, 0.3) is 5.91 Å². The Morgan fingerprint density at radius 3 is 2.38 bits per heavy atom. The molecule has 0 bridgehead atoms. The highest BCUT2D eigenvalue weighted by Crippen LogP contribution is 1.98. The van der Waals surface area contributed by atoms with Crippen molar-refractivity contribution >= 4 is 17.5 Å². The highest BCUT2D eigenvalue weighted by atomic mass is 35.5. The predicted molar refractivity (Wildman–Crippen MR) is 52.5 cm³/mol. The van der Waals surface area contributed by atoms with Gasteiger partial charge in [0.15, 0.2) is 0 Å². The first-order valence-electron chi connectivity index (χ1n) is 4.47. The molecule has 1 saturated heterocycles. The van der Waals surface area contributed by atoms with E-state index < -0.39 is 5.38 Å². The zero-order chi connectivity index (χ0) is 9.84. The number of halogens is 1. The van der Waals surface area contributed by atoms with E-state index in [2.05, 4.69) is 17.4 Å². The number of piperazine rings is 1. The number of hydrogen-bond donors (Lipinski definition) is 1. The summed E-state index contributed by atoms with van der Waals surface area (Å²) in [4.78, 5) is 13.4. The van der Waals surface area contributed by atoms with Gasteiger partial charge >= 0.3 is 0 Å². The van der Waals surface area contributed by atoms with Crippen LogP contribution in [-0.2, 0) is 4.79 Å². The highest BCUT2D eigenvalue weighted by Gasteiger charge is 2.17. The Hall–Kier alpha value is -0.320. The maximum Gasteiger partial charge on any atom is 0.252 e. The number of amides is 1. The van der Waals surface area contributed by atoms with Crippen LogP contribution >= 0.6 is 11.6 Å². The molecule has 0 radical (unpaired) electrons. The van der Waals surface area contributed by atoms with Crippen molar-refractivity contribution in [2.75, 3.05) is 33.2 Å². The van der Waals surface area contributed by atoms with Crippen LogP contribution in [0.5, 0.6) is 0 Å². The van der Waals surface area contributed by atoms with Crippen molar-refractivity contribution in [3.8, 4) is 0 Å². The minimum absolute atomic E-state index is 0.119. The van der Waals surface area contributed by atoms with Gasteiger partial charge in [0, 0.05) is 26.2 Å². The summed E-state index contributed by atoms with van der Waals surface area (Å²) < 4.78 is 0. The molecule has 0 saturated carbocycles. The predicted octanol–water partition coefficient (Wildman–Crippen LogP) is -0.108. The van der Waals surface area contributed by atoms with E-state index in [1.54, 1.807) is 6.92 Å². The molecule has 0 aliphatic carbocycles. The van der Waals surface area contributed by atoms with Crippen LogP contribution < -0.4 is 5.43 Å². The number of likely N-dealkylation sites (N-methyl/N-ethyl adjacent to an activating group) is 1. The molecule has 1 aliphatic rings. The van der Waals surface area contributed by atoms with Crippen LogP contribution in [0.3, 0.4) is 0 Å². The molecule has 1 unspecified atom stereocenters. The van der Waals surface area contributed by atoms with Crippen molar-refractivity contribution in [3.05, 3.63) is 0 Å². The summed E-state index contributed by atoms with van der Waals surface area (Å²) >= 11 is 5.63. The van der Waals surface area contributed by atoms with Gasteiger partial charge in [0.1, 0.15) is 5.38 Å². The van der Waals surface area contributed by atoms with Crippen molar-refractivity contribution in [1.29, 1.82) is 0 Å². The number of hydrazine groups is 1. The second kappa shape index (κ2) is 4.79. The van der Waals surface area contributed by atoms with E-state index in [0.717, 1.165) is 26.2 Å². The summed E-state index contributed by atoms with van der Waals surface area (Å²) in [5.41, 5.74) is 2.77. The first kappa shape index (κ1) is 10.8. The van der Waals surface area contributed by atoms with Gasteiger partial charge in [-0.25, -0.2) is 5.01 Å². The average Bonchev–Trinajstić information content (AvgIpc) is 2.08. The van der Waals surface area contributed by atoms with Crippen molar-refractivity contribution in [1.82, 2.24) is 15.3 Å². The Labute approximate surface area is 83.8 Å². The lowest BCUT2D eigenvalue weighted by Gasteiger charge is -2.32. The number of rotatable bonds is 2. The lowest BCUT2D eigenvalue weighted by atomic mass is 10.4. The van der Waals surface area contributed by atoms with E-state index in [1.807, 2.05) is 5.01 Å². The molecule has 0 spiro atoms. The van der Waals surface area contributed by atoms with Gasteiger partial charge in [-0.3, -0.25) is 10.2 Å². The zero-order valence-electron chi connectivity index (χ0n) is 8.09. The third-order valence-electron chi connectivity index (χ3n) is 2.13. The second-order valence-electron chi connectivity index (χ2n) is 3.38. The van der Waals surface area contributed by atoms with Gasteiger partial charge in [0.05, 0.1) is 0 Å². The summed E-state index contributed by atoms with van der Waals surface area (Å²) in [6, 6.07) is 0. The fraction of sp³-hybridized carbons (Fsp3) is 0.875. The first-order valence-corrected chi connectivity index (χ1v) is 4.91. The lowest BCUT2D eigenvalue weighted by Crippen LogP contribution is -2.53. The van der Waals surface area contributed by atoms with Gasteiger partial charge in [0.2, 0.25) is 0 Å². The van der Waals surface area contributed by atoms with E-state index in [9.17, 15) is 4.79 Å². The molecule has 0 aromatic heterocycles. The molecule has 1 atom stereocenters. The zero-order valence-corrected chi connectivity index (χ0v) is 8.84. The summed E-state index contributed by atoms with van der Waals surface area (Å²) in [5, 5.41) is 1.46. The molecule has 1 N–H and O–H groups in total. The fourth-order valence-electron chi connectivity index (χ4n) is 1.16. The normalized spacial score (nSPS) is 22.7. The Morgan fingerprint density at radius 2 is 1.92 bits per heavy atom. The van der Waals surface area contributed by atoms with Crippen LogP contribution in [0, 0.1) is 0 Å². The van der Waals surface area contributed by atoms with Gasteiger partial charge in [-0.05, 0) is 14.0 Å². The highest BCUT2D eigenvalue weighted by molar-refractivity contribution is 6.30. The molecule has 1 heterocycles. The molecular weight excluding hydrogens is 190 g/mol. The van der Waals surface area contributed by atoms with Crippen molar-refractivity contribution < 1.29 is 4.79 Å². The van der Waals surface area contributed by atoms with E-state index in [1.165, 1.54) is 0 Å². The van der Waals surface area contributed by atoms with Gasteiger partial charge in [-0.15, -0.1) is 11.6 Å². The summed E-state index contributed by atoms with van der Waals surface area (Å²) in [7, 11) is 2.07. The molecule has 1 aliphatic heterocycles. The number of nitrogens with zero attached hydrogens (tertiary/aromatic N) is 2. The minimum Gasteiger partial charge on any atom is -0.304 e. The Kier molecular flexibility index (Phi) is 3.96. The van der Waals surface area contributed by atoms with Gasteiger partial charge < -0.3 is 4.90 Å². The number of nitrogens with one attached hydrogen (secondary N) is 1. The van der Waals surface area contributed by atoms with Crippen molar-refractivity contribution in [3.63, 3.8) is 0 Å². The third kappa shape index (κ3) is 3.50. The molecular formula is C8H16ClN3O. The monoisotopic (exact) mass is 205 g/mol. The minimum atomic E-state index is -0.459. The van der Waals surface area contributed by atoms with Crippen LogP contribution in [0.15, 0.2) is 0 Å². The molecule has 0 aromatic rings. The van der Waals surface area contributed by atoms with E-state index in [0.29, 0.717) is 0 Å². The van der Waals surface area contributed by atoms with E-state index in [4.69, 9.17) is 11.6 Å². The van der Waals surface area contributed by atoms with Crippen LogP contribution in [-0.4, -0.2) is 54.4 Å². The Morgan fingerprint density at radius 1 is 1.38 bits per heavy atom. The largest absolute Gasteiger partial charge is 0.304 e. The second-order valence-corrected chi connectivity index (χ2v) is 4.04. The van der Waals surface area contributed by atoms with Gasteiger partial charge in [-0.1, -0.05) is 0 Å². The number of alkyl halides is 1. The molecule has 0 aromatic carbocycles. The number of carbonyl (C=O) groups excluding carboxylic acids is 1. The van der Waals surface area contributed by atoms with Gasteiger partial charge in [-0.2, -0.15) is 0 Å². The van der Waals surface area contributed by atoms with Crippen LogP contribution in [0.25, 0.3) is 0 Å². The number of carbonyl (C=O) groups is 1. The summed E-state index contributed by atoms with van der Waals surface area (Å²) in [6.07, 6.45) is 0. The van der Waals surface area contributed by atoms with Crippen LogP contribution in [0.4, 0.5) is 0 Å². The summed E-state index contributed by atoms with van der Waals surface area (Å²) in [6.45, 7) is 5.37. The SMILES string of the molecule is CC(Cl)C(=O)NN1CCN(C)CC1. The molecule has 1 fully saturated rings. The topological polar surface area (TPSA) is 35.6 Å². The van der Waals surface area contributed by atoms with Crippen molar-refractivity contribution in [2.24, 2.45) is 0 Å². The quantitative estimate of drug-likeness (QED) is 0.640. The van der Waals surface area contributed by atoms with E-state index in [-0.39, 0.29) is 5.91 Å². The number of hydrogen-bond acceptors (Lipinski definition) is 3. The third-order valence-corrected chi connectivity index (χ3v) is 2.33. The molecule has 4 nitrogen and oxygen atoms in total. The van der Waals surface area contributed by atoms with E-state index >= 15 is 0 Å².